The number of hydrogen-bond donors (Lipinski definition) is 2. The van der Waals surface area contributed by atoms with Crippen LogP contribution in [0.3, 0.4) is 0 Å². The lowest BCUT2D eigenvalue weighted by molar-refractivity contribution is -0.123. The fourth-order valence-electron chi connectivity index (χ4n) is 2.23. The van der Waals surface area contributed by atoms with Crippen molar-refractivity contribution in [3.8, 4) is 0 Å². The molecule has 0 spiro atoms. The van der Waals surface area contributed by atoms with Gasteiger partial charge in [-0.1, -0.05) is 18.5 Å². The molecular weight excluding hydrogens is 303 g/mol. The molecule has 108 valence electrons. The Morgan fingerprint density at radius 1 is 1.58 bits per heavy atom. The highest BCUT2D eigenvalue weighted by Crippen LogP contribution is 2.28. The highest BCUT2D eigenvalue weighted by atomic mass is 35.5. The van der Waals surface area contributed by atoms with E-state index in [4.69, 9.17) is 11.6 Å². The van der Waals surface area contributed by atoms with E-state index in [1.165, 1.54) is 11.3 Å². The van der Waals surface area contributed by atoms with Crippen LogP contribution in [0.1, 0.15) is 31.1 Å². The summed E-state index contributed by atoms with van der Waals surface area (Å²) in [5.74, 6) is 0.471. The maximum absolute atomic E-state index is 12.2. The first-order chi connectivity index (χ1) is 8.58. The molecule has 2 heterocycles. The van der Waals surface area contributed by atoms with Gasteiger partial charge in [0.25, 0.3) is 0 Å². The van der Waals surface area contributed by atoms with Crippen molar-refractivity contribution in [2.75, 3.05) is 13.1 Å². The van der Waals surface area contributed by atoms with E-state index in [-0.39, 0.29) is 30.3 Å². The lowest BCUT2D eigenvalue weighted by Crippen LogP contribution is -2.49. The van der Waals surface area contributed by atoms with Gasteiger partial charge in [-0.3, -0.25) is 4.79 Å². The van der Waals surface area contributed by atoms with Crippen LogP contribution in [0.2, 0.25) is 4.34 Å². The summed E-state index contributed by atoms with van der Waals surface area (Å²) in [5, 5.41) is 6.50. The minimum atomic E-state index is -0.121. The van der Waals surface area contributed by atoms with Crippen molar-refractivity contribution in [1.82, 2.24) is 10.6 Å². The molecular formula is C13H20Cl2N2OS. The normalized spacial score (nSPS) is 24.4. The number of carbonyl (C=O) groups is 1. The highest BCUT2D eigenvalue weighted by Gasteiger charge is 2.25. The molecule has 0 saturated carbocycles. The number of nitrogens with one attached hydrogen (secondary N) is 2. The third-order valence-corrected chi connectivity index (χ3v) is 4.94. The van der Waals surface area contributed by atoms with Gasteiger partial charge in [-0.2, -0.15) is 0 Å². The molecule has 1 aliphatic heterocycles. The van der Waals surface area contributed by atoms with E-state index in [1.807, 2.05) is 19.1 Å². The third-order valence-electron chi connectivity index (χ3n) is 3.53. The molecule has 19 heavy (non-hydrogen) atoms. The van der Waals surface area contributed by atoms with Gasteiger partial charge >= 0.3 is 0 Å². The fourth-order valence-corrected chi connectivity index (χ4v) is 3.34. The molecule has 1 fully saturated rings. The van der Waals surface area contributed by atoms with Crippen LogP contribution in [-0.4, -0.2) is 25.0 Å². The Morgan fingerprint density at radius 2 is 2.32 bits per heavy atom. The third kappa shape index (κ3) is 4.35. The van der Waals surface area contributed by atoms with Crippen LogP contribution in [0.15, 0.2) is 12.1 Å². The largest absolute Gasteiger partial charge is 0.352 e. The molecule has 1 saturated heterocycles. The quantitative estimate of drug-likeness (QED) is 0.898. The molecule has 0 bridgehead atoms. The number of amides is 1. The van der Waals surface area contributed by atoms with Crippen molar-refractivity contribution < 1.29 is 4.79 Å². The Hall–Kier alpha value is -0.290. The number of hydrogen-bond acceptors (Lipinski definition) is 3. The molecule has 1 amide bonds. The predicted octanol–water partition coefficient (Wildman–Crippen LogP) is 3.04. The van der Waals surface area contributed by atoms with Crippen LogP contribution in [0.4, 0.5) is 0 Å². The zero-order valence-electron chi connectivity index (χ0n) is 11.1. The van der Waals surface area contributed by atoms with Gasteiger partial charge in [-0.05, 0) is 44.5 Å². The van der Waals surface area contributed by atoms with Crippen molar-refractivity contribution in [1.29, 1.82) is 0 Å². The van der Waals surface area contributed by atoms with E-state index >= 15 is 0 Å². The van der Waals surface area contributed by atoms with Gasteiger partial charge in [0.05, 0.1) is 10.3 Å². The van der Waals surface area contributed by atoms with E-state index in [0.717, 1.165) is 28.7 Å². The molecule has 3 nitrogen and oxygen atoms in total. The van der Waals surface area contributed by atoms with Crippen molar-refractivity contribution >= 4 is 41.3 Å². The monoisotopic (exact) mass is 322 g/mol. The van der Waals surface area contributed by atoms with E-state index in [9.17, 15) is 4.79 Å². The van der Waals surface area contributed by atoms with Gasteiger partial charge in [0.2, 0.25) is 5.91 Å². The van der Waals surface area contributed by atoms with Crippen LogP contribution in [0, 0.1) is 5.92 Å². The topological polar surface area (TPSA) is 41.1 Å². The van der Waals surface area contributed by atoms with Crippen molar-refractivity contribution in [2.24, 2.45) is 5.92 Å². The lowest BCUT2D eigenvalue weighted by Gasteiger charge is -2.31. The minimum absolute atomic E-state index is 0. The van der Waals surface area contributed by atoms with Crippen molar-refractivity contribution in [2.45, 2.75) is 32.2 Å². The summed E-state index contributed by atoms with van der Waals surface area (Å²) in [6.07, 6.45) is 1.00. The maximum atomic E-state index is 12.2. The average molecular weight is 323 g/mol. The van der Waals surface area contributed by atoms with E-state index in [1.54, 1.807) is 0 Å². The number of piperidine rings is 1. The van der Waals surface area contributed by atoms with Gasteiger partial charge in [0.1, 0.15) is 0 Å². The average Bonchev–Trinajstić information content (AvgIpc) is 2.78. The second kappa shape index (κ2) is 7.48. The van der Waals surface area contributed by atoms with Gasteiger partial charge in [0, 0.05) is 10.9 Å². The van der Waals surface area contributed by atoms with E-state index in [0.29, 0.717) is 5.92 Å². The molecule has 0 radical (unpaired) electrons. The summed E-state index contributed by atoms with van der Waals surface area (Å²) in [4.78, 5) is 13.2. The van der Waals surface area contributed by atoms with Crippen LogP contribution in [0.5, 0.6) is 0 Å². The molecule has 1 aromatic heterocycles. The molecule has 6 heteroatoms. The number of halogens is 2. The van der Waals surface area contributed by atoms with Crippen LogP contribution >= 0.6 is 35.3 Å². The Balaban J connectivity index is 0.00000180. The SMILES string of the molecule is CC(C(=O)NC1CCNCC1C)c1ccc(Cl)s1.Cl. The zero-order valence-corrected chi connectivity index (χ0v) is 13.5. The first-order valence-electron chi connectivity index (χ1n) is 6.34. The van der Waals surface area contributed by atoms with E-state index in [2.05, 4.69) is 17.6 Å². The first kappa shape index (κ1) is 16.8. The Labute approximate surface area is 129 Å². The first-order valence-corrected chi connectivity index (χ1v) is 7.53. The minimum Gasteiger partial charge on any atom is -0.352 e. The van der Waals surface area contributed by atoms with Gasteiger partial charge in [0.15, 0.2) is 0 Å². The van der Waals surface area contributed by atoms with Gasteiger partial charge in [-0.25, -0.2) is 0 Å². The van der Waals surface area contributed by atoms with Crippen molar-refractivity contribution in [3.63, 3.8) is 0 Å². The molecule has 1 aliphatic rings. The van der Waals surface area contributed by atoms with Crippen LogP contribution in [0.25, 0.3) is 0 Å². The zero-order chi connectivity index (χ0) is 13.1. The van der Waals surface area contributed by atoms with Crippen molar-refractivity contribution in [3.05, 3.63) is 21.3 Å². The highest BCUT2D eigenvalue weighted by molar-refractivity contribution is 7.16. The van der Waals surface area contributed by atoms with Crippen LogP contribution in [-0.2, 0) is 4.79 Å². The summed E-state index contributed by atoms with van der Waals surface area (Å²) >= 11 is 7.38. The molecule has 3 unspecified atom stereocenters. The molecule has 0 aromatic carbocycles. The smallest absolute Gasteiger partial charge is 0.228 e. The molecule has 2 rings (SSSR count). The molecule has 0 aliphatic carbocycles. The predicted molar refractivity (Wildman–Crippen MR) is 83.6 cm³/mol. The Kier molecular flexibility index (Phi) is 6.60. The second-order valence-electron chi connectivity index (χ2n) is 4.95. The number of rotatable bonds is 3. The second-order valence-corrected chi connectivity index (χ2v) is 6.70. The lowest BCUT2D eigenvalue weighted by atomic mass is 9.94. The maximum Gasteiger partial charge on any atom is 0.228 e. The Bertz CT molecular complexity index is 425. The summed E-state index contributed by atoms with van der Waals surface area (Å²) in [6.45, 7) is 6.06. The summed E-state index contributed by atoms with van der Waals surface area (Å²) in [6, 6.07) is 4.07. The summed E-state index contributed by atoms with van der Waals surface area (Å²) < 4.78 is 0.736. The molecule has 3 atom stereocenters. The Morgan fingerprint density at radius 3 is 2.89 bits per heavy atom. The standard InChI is InChI=1S/C13H19ClN2OS.ClH/c1-8-7-15-6-5-10(8)16-13(17)9(2)11-3-4-12(14)18-11;/h3-4,8-10,15H,5-7H2,1-2H3,(H,16,17);1H. The van der Waals surface area contributed by atoms with Gasteiger partial charge < -0.3 is 10.6 Å². The molecule has 1 aromatic rings. The number of carbonyl (C=O) groups excluding carboxylic acids is 1. The van der Waals surface area contributed by atoms with E-state index < -0.39 is 0 Å². The number of thiophene rings is 1. The molecule has 2 N–H and O–H groups in total. The van der Waals surface area contributed by atoms with Crippen LogP contribution < -0.4 is 10.6 Å². The summed E-state index contributed by atoms with van der Waals surface area (Å²) in [7, 11) is 0. The summed E-state index contributed by atoms with van der Waals surface area (Å²) in [5.41, 5.74) is 0. The van der Waals surface area contributed by atoms with Gasteiger partial charge in [-0.15, -0.1) is 23.7 Å². The fraction of sp³-hybridized carbons (Fsp3) is 0.615.